The molecule has 1 aromatic rings. The zero-order valence-corrected chi connectivity index (χ0v) is 13.3. The quantitative estimate of drug-likeness (QED) is 0.419. The Morgan fingerprint density at radius 2 is 2.05 bits per heavy atom. The molecular formula is C14H14Cl2N4O2. The Hall–Kier alpha value is -2.23. The van der Waals surface area contributed by atoms with Crippen molar-refractivity contribution in [3.63, 3.8) is 0 Å². The molecule has 0 heterocycles. The second kappa shape index (κ2) is 8.93. The number of nitrogens with one attached hydrogen (secondary N) is 3. The molecule has 0 fully saturated rings. The first-order chi connectivity index (χ1) is 10.5. The van der Waals surface area contributed by atoms with Gasteiger partial charge in [0.05, 0.1) is 15.7 Å². The maximum atomic E-state index is 12.0. The smallest absolute Gasteiger partial charge is 0.267 e. The van der Waals surface area contributed by atoms with Gasteiger partial charge in [-0.3, -0.25) is 9.59 Å². The number of rotatable bonds is 6. The molecule has 116 valence electrons. The molecule has 0 aromatic heterocycles. The van der Waals surface area contributed by atoms with Crippen LogP contribution in [-0.4, -0.2) is 24.9 Å². The third-order valence-corrected chi connectivity index (χ3v) is 3.27. The van der Waals surface area contributed by atoms with Gasteiger partial charge in [0.2, 0.25) is 5.91 Å². The standard InChI is InChI=1S/C14H14Cl2N4O2/c1-9(21)19-6-5-18-8-10(7-17)14(22)20-12-4-2-3-11(15)13(12)16/h2-4,8,18H,5-6H2,1H3,(H,19,21)(H,20,22)/b10-8-. The molecule has 0 bridgehead atoms. The van der Waals surface area contributed by atoms with Gasteiger partial charge in [-0.2, -0.15) is 5.26 Å². The lowest BCUT2D eigenvalue weighted by Gasteiger charge is -2.08. The molecule has 0 unspecified atom stereocenters. The Morgan fingerprint density at radius 3 is 2.68 bits per heavy atom. The van der Waals surface area contributed by atoms with E-state index in [1.165, 1.54) is 13.1 Å². The summed E-state index contributed by atoms with van der Waals surface area (Å²) in [6.45, 7) is 2.17. The van der Waals surface area contributed by atoms with Crippen LogP contribution in [-0.2, 0) is 9.59 Å². The normalized spacial score (nSPS) is 10.5. The number of benzene rings is 1. The van der Waals surface area contributed by atoms with Gasteiger partial charge < -0.3 is 16.0 Å². The van der Waals surface area contributed by atoms with E-state index in [1.54, 1.807) is 24.3 Å². The van der Waals surface area contributed by atoms with Crippen molar-refractivity contribution in [3.05, 3.63) is 40.0 Å². The van der Waals surface area contributed by atoms with Crippen molar-refractivity contribution in [1.29, 1.82) is 5.26 Å². The Bertz CT molecular complexity index is 638. The van der Waals surface area contributed by atoms with Crippen LogP contribution in [0.3, 0.4) is 0 Å². The molecule has 1 aromatic carbocycles. The van der Waals surface area contributed by atoms with E-state index in [1.807, 2.05) is 0 Å². The maximum Gasteiger partial charge on any atom is 0.267 e. The predicted molar refractivity (Wildman–Crippen MR) is 85.5 cm³/mol. The van der Waals surface area contributed by atoms with Gasteiger partial charge in [0.15, 0.2) is 0 Å². The Balaban J connectivity index is 2.63. The topological polar surface area (TPSA) is 94.0 Å². The van der Waals surface area contributed by atoms with E-state index in [0.29, 0.717) is 23.8 Å². The van der Waals surface area contributed by atoms with Gasteiger partial charge in [-0.15, -0.1) is 0 Å². The summed E-state index contributed by atoms with van der Waals surface area (Å²) in [7, 11) is 0. The van der Waals surface area contributed by atoms with Gasteiger partial charge in [-0.1, -0.05) is 29.3 Å². The van der Waals surface area contributed by atoms with Gasteiger partial charge in [0.1, 0.15) is 11.6 Å². The van der Waals surface area contributed by atoms with E-state index in [9.17, 15) is 9.59 Å². The van der Waals surface area contributed by atoms with Crippen molar-refractivity contribution in [2.45, 2.75) is 6.92 Å². The lowest BCUT2D eigenvalue weighted by Crippen LogP contribution is -2.28. The third kappa shape index (κ3) is 5.64. The first-order valence-corrected chi connectivity index (χ1v) is 7.04. The van der Waals surface area contributed by atoms with Gasteiger partial charge in [-0.25, -0.2) is 0 Å². The summed E-state index contributed by atoms with van der Waals surface area (Å²) in [5.74, 6) is -0.765. The Labute approximate surface area is 138 Å². The number of carbonyl (C=O) groups is 2. The molecule has 6 nitrogen and oxygen atoms in total. The number of halogens is 2. The second-order valence-electron chi connectivity index (χ2n) is 4.16. The van der Waals surface area contributed by atoms with Gasteiger partial charge in [-0.05, 0) is 12.1 Å². The van der Waals surface area contributed by atoms with Crippen molar-refractivity contribution >= 4 is 40.7 Å². The summed E-state index contributed by atoms with van der Waals surface area (Å²) in [5, 5.41) is 17.3. The molecule has 0 atom stereocenters. The van der Waals surface area contributed by atoms with Crippen LogP contribution in [0.15, 0.2) is 30.0 Å². The van der Waals surface area contributed by atoms with Gasteiger partial charge in [0, 0.05) is 26.2 Å². The molecule has 3 N–H and O–H groups in total. The molecular weight excluding hydrogens is 327 g/mol. The summed E-state index contributed by atoms with van der Waals surface area (Å²) in [6.07, 6.45) is 1.27. The Kier molecular flexibility index (Phi) is 7.23. The summed E-state index contributed by atoms with van der Waals surface area (Å²) in [5.41, 5.74) is 0.192. The number of nitrogens with zero attached hydrogens (tertiary/aromatic N) is 1. The summed E-state index contributed by atoms with van der Waals surface area (Å²) >= 11 is 11.8. The van der Waals surface area contributed by atoms with Crippen LogP contribution in [0.1, 0.15) is 6.92 Å². The molecule has 0 saturated heterocycles. The highest BCUT2D eigenvalue weighted by Gasteiger charge is 2.12. The lowest BCUT2D eigenvalue weighted by molar-refractivity contribution is -0.119. The van der Waals surface area contributed by atoms with E-state index in [2.05, 4.69) is 16.0 Å². The zero-order chi connectivity index (χ0) is 16.5. The molecule has 0 aliphatic heterocycles. The van der Waals surface area contributed by atoms with Crippen LogP contribution in [0.4, 0.5) is 5.69 Å². The minimum Gasteiger partial charge on any atom is -0.388 e. The van der Waals surface area contributed by atoms with E-state index in [4.69, 9.17) is 28.5 Å². The van der Waals surface area contributed by atoms with Gasteiger partial charge in [0.25, 0.3) is 5.91 Å². The summed E-state index contributed by atoms with van der Waals surface area (Å²) in [4.78, 5) is 22.6. The molecule has 0 aliphatic carbocycles. The number of amides is 2. The van der Waals surface area contributed by atoms with Crippen molar-refractivity contribution < 1.29 is 9.59 Å². The van der Waals surface area contributed by atoms with Crippen molar-refractivity contribution in [2.75, 3.05) is 18.4 Å². The number of anilines is 1. The van der Waals surface area contributed by atoms with Crippen LogP contribution < -0.4 is 16.0 Å². The highest BCUT2D eigenvalue weighted by Crippen LogP contribution is 2.29. The van der Waals surface area contributed by atoms with Crippen molar-refractivity contribution in [2.24, 2.45) is 0 Å². The average molecular weight is 341 g/mol. The zero-order valence-electron chi connectivity index (χ0n) is 11.7. The lowest BCUT2D eigenvalue weighted by atomic mass is 10.2. The third-order valence-electron chi connectivity index (χ3n) is 2.45. The minimum atomic E-state index is -0.612. The number of nitriles is 1. The van der Waals surface area contributed by atoms with E-state index >= 15 is 0 Å². The first kappa shape index (κ1) is 17.8. The number of carbonyl (C=O) groups excluding carboxylic acids is 2. The van der Waals surface area contributed by atoms with E-state index in [-0.39, 0.29) is 16.5 Å². The average Bonchev–Trinajstić information content (AvgIpc) is 2.47. The number of hydrogen-bond donors (Lipinski definition) is 3. The predicted octanol–water partition coefficient (Wildman–Crippen LogP) is 2.07. The maximum absolute atomic E-state index is 12.0. The molecule has 0 spiro atoms. The minimum absolute atomic E-state index is 0.126. The van der Waals surface area contributed by atoms with E-state index in [0.717, 1.165) is 0 Å². The SMILES string of the molecule is CC(=O)NCCN/C=C(/C#N)C(=O)Nc1cccc(Cl)c1Cl. The first-order valence-electron chi connectivity index (χ1n) is 6.29. The fourth-order valence-electron chi connectivity index (χ4n) is 1.42. The highest BCUT2D eigenvalue weighted by atomic mass is 35.5. The van der Waals surface area contributed by atoms with Crippen molar-refractivity contribution in [1.82, 2.24) is 10.6 Å². The van der Waals surface area contributed by atoms with Gasteiger partial charge >= 0.3 is 0 Å². The van der Waals surface area contributed by atoms with Crippen LogP contribution in [0, 0.1) is 11.3 Å². The largest absolute Gasteiger partial charge is 0.388 e. The van der Waals surface area contributed by atoms with Crippen LogP contribution in [0.25, 0.3) is 0 Å². The molecule has 2 amide bonds. The second-order valence-corrected chi connectivity index (χ2v) is 4.95. The monoisotopic (exact) mass is 340 g/mol. The fraction of sp³-hybridized carbons (Fsp3) is 0.214. The Morgan fingerprint density at radius 1 is 1.32 bits per heavy atom. The van der Waals surface area contributed by atoms with Crippen LogP contribution in [0.5, 0.6) is 0 Å². The molecule has 8 heteroatoms. The molecule has 0 radical (unpaired) electrons. The van der Waals surface area contributed by atoms with Crippen LogP contribution in [0.2, 0.25) is 10.0 Å². The molecule has 22 heavy (non-hydrogen) atoms. The van der Waals surface area contributed by atoms with E-state index < -0.39 is 5.91 Å². The molecule has 0 aliphatic rings. The summed E-state index contributed by atoms with van der Waals surface area (Å²) in [6, 6.07) is 6.57. The number of hydrogen-bond acceptors (Lipinski definition) is 4. The molecule has 1 rings (SSSR count). The van der Waals surface area contributed by atoms with Crippen molar-refractivity contribution in [3.8, 4) is 6.07 Å². The molecule has 0 saturated carbocycles. The fourth-order valence-corrected chi connectivity index (χ4v) is 1.77. The summed E-state index contributed by atoms with van der Waals surface area (Å²) < 4.78 is 0. The van der Waals surface area contributed by atoms with Crippen LogP contribution >= 0.6 is 23.2 Å². The highest BCUT2D eigenvalue weighted by molar-refractivity contribution is 6.44.